The van der Waals surface area contributed by atoms with Gasteiger partial charge < -0.3 is 15.8 Å². The molecule has 8 heteroatoms. The van der Waals surface area contributed by atoms with Crippen LogP contribution in [-0.4, -0.2) is 28.7 Å². The number of aromatic nitrogens is 2. The van der Waals surface area contributed by atoms with E-state index in [-0.39, 0.29) is 11.7 Å². The van der Waals surface area contributed by atoms with Crippen molar-refractivity contribution in [2.75, 3.05) is 18.3 Å². The summed E-state index contributed by atoms with van der Waals surface area (Å²) in [6, 6.07) is 24.4. The first-order valence-corrected chi connectivity index (χ1v) is 11.0. The van der Waals surface area contributed by atoms with Crippen molar-refractivity contribution < 1.29 is 9.53 Å². The zero-order chi connectivity index (χ0) is 24.6. The van der Waals surface area contributed by atoms with Crippen LogP contribution in [-0.2, 0) is 6.54 Å². The summed E-state index contributed by atoms with van der Waals surface area (Å²) in [5.74, 6) is 0.860. The number of nitrogen functional groups attached to an aromatic ring is 1. The molecule has 0 fully saturated rings. The molecule has 4 N–H and O–H groups in total. The van der Waals surface area contributed by atoms with Gasteiger partial charge in [-0.25, -0.2) is 9.97 Å². The Morgan fingerprint density at radius 3 is 2.54 bits per heavy atom. The molecule has 0 unspecified atom stereocenters. The van der Waals surface area contributed by atoms with Gasteiger partial charge in [0.05, 0.1) is 30.4 Å². The molecule has 4 rings (SSSR count). The Morgan fingerprint density at radius 2 is 1.80 bits per heavy atom. The number of amides is 1. The van der Waals surface area contributed by atoms with Gasteiger partial charge in [0.2, 0.25) is 0 Å². The summed E-state index contributed by atoms with van der Waals surface area (Å²) < 4.78 is 5.17. The number of hydrazone groups is 1. The molecule has 8 nitrogen and oxygen atoms in total. The summed E-state index contributed by atoms with van der Waals surface area (Å²) in [5.41, 5.74) is 13.8. The van der Waals surface area contributed by atoms with Crippen molar-refractivity contribution in [1.29, 1.82) is 0 Å². The maximum absolute atomic E-state index is 12.7. The van der Waals surface area contributed by atoms with Gasteiger partial charge in [0.15, 0.2) is 5.82 Å². The SMILES string of the molecule is COc1ccc(N/N=C(\C)c2nc(-c3cccc(C(=O)NCc4ccccc4)c3)cnc2N)cc1. The molecule has 1 heterocycles. The zero-order valence-electron chi connectivity index (χ0n) is 19.5. The van der Waals surface area contributed by atoms with E-state index < -0.39 is 0 Å². The molecule has 0 aliphatic carbocycles. The van der Waals surface area contributed by atoms with Crippen molar-refractivity contribution in [3.63, 3.8) is 0 Å². The molecule has 3 aromatic carbocycles. The monoisotopic (exact) mass is 466 g/mol. The van der Waals surface area contributed by atoms with E-state index >= 15 is 0 Å². The van der Waals surface area contributed by atoms with Gasteiger partial charge in [0, 0.05) is 17.7 Å². The van der Waals surface area contributed by atoms with Crippen LogP contribution in [0.1, 0.15) is 28.5 Å². The Balaban J connectivity index is 1.51. The van der Waals surface area contributed by atoms with Gasteiger partial charge in [-0.15, -0.1) is 0 Å². The van der Waals surface area contributed by atoms with Gasteiger partial charge in [-0.1, -0.05) is 42.5 Å². The van der Waals surface area contributed by atoms with Crippen LogP contribution in [0.4, 0.5) is 11.5 Å². The molecule has 1 aromatic heterocycles. The quantitative estimate of drug-likeness (QED) is 0.260. The van der Waals surface area contributed by atoms with Crippen LogP contribution in [0.3, 0.4) is 0 Å². The van der Waals surface area contributed by atoms with E-state index in [9.17, 15) is 4.79 Å². The van der Waals surface area contributed by atoms with Crippen molar-refractivity contribution in [2.24, 2.45) is 5.10 Å². The van der Waals surface area contributed by atoms with Crippen molar-refractivity contribution in [1.82, 2.24) is 15.3 Å². The van der Waals surface area contributed by atoms with Gasteiger partial charge in [-0.05, 0) is 48.9 Å². The number of benzene rings is 3. The molecule has 1 amide bonds. The van der Waals surface area contributed by atoms with Crippen molar-refractivity contribution in [2.45, 2.75) is 13.5 Å². The van der Waals surface area contributed by atoms with E-state index in [1.54, 1.807) is 32.4 Å². The van der Waals surface area contributed by atoms with E-state index in [4.69, 9.17) is 10.5 Å². The smallest absolute Gasteiger partial charge is 0.251 e. The number of hydrogen-bond acceptors (Lipinski definition) is 7. The molecule has 0 spiro atoms. The maximum atomic E-state index is 12.7. The summed E-state index contributed by atoms with van der Waals surface area (Å²) in [4.78, 5) is 21.6. The molecular formula is C27H26N6O2. The fourth-order valence-corrected chi connectivity index (χ4v) is 3.37. The molecule has 0 aliphatic heterocycles. The summed E-state index contributed by atoms with van der Waals surface area (Å²) >= 11 is 0. The Kier molecular flexibility index (Phi) is 7.32. The standard InChI is InChI=1S/C27H26N6O2/c1-18(32-33-22-11-13-23(35-2)14-12-22)25-26(28)29-17-24(31-25)20-9-6-10-21(15-20)27(34)30-16-19-7-4-3-5-8-19/h3-15,17,33H,16H2,1-2H3,(H2,28,29)(H,30,34)/b32-18+. The van der Waals surface area contributed by atoms with Gasteiger partial charge in [0.25, 0.3) is 5.91 Å². The zero-order valence-corrected chi connectivity index (χ0v) is 19.5. The lowest BCUT2D eigenvalue weighted by Gasteiger charge is -2.10. The highest BCUT2D eigenvalue weighted by Gasteiger charge is 2.12. The van der Waals surface area contributed by atoms with E-state index in [1.165, 1.54) is 0 Å². The Hall–Kier alpha value is -4.72. The number of nitrogens with zero attached hydrogens (tertiary/aromatic N) is 3. The normalized spacial score (nSPS) is 11.1. The van der Waals surface area contributed by atoms with Gasteiger partial charge in [-0.2, -0.15) is 5.10 Å². The third-order valence-electron chi connectivity index (χ3n) is 5.30. The second kappa shape index (κ2) is 10.9. The first-order chi connectivity index (χ1) is 17.0. The number of nitrogens with one attached hydrogen (secondary N) is 2. The number of hydrogen-bond donors (Lipinski definition) is 3. The van der Waals surface area contributed by atoms with Crippen LogP contribution in [0.25, 0.3) is 11.3 Å². The molecule has 0 bridgehead atoms. The number of carbonyl (C=O) groups excluding carboxylic acids is 1. The minimum atomic E-state index is -0.166. The van der Waals surface area contributed by atoms with Gasteiger partial charge in [-0.3, -0.25) is 10.2 Å². The summed E-state index contributed by atoms with van der Waals surface area (Å²) in [6.07, 6.45) is 1.59. The molecule has 0 atom stereocenters. The summed E-state index contributed by atoms with van der Waals surface area (Å²) in [5, 5.41) is 7.34. The molecule has 0 radical (unpaired) electrons. The largest absolute Gasteiger partial charge is 0.497 e. The number of carbonyl (C=O) groups is 1. The summed E-state index contributed by atoms with van der Waals surface area (Å²) in [7, 11) is 1.62. The second-order valence-corrected chi connectivity index (χ2v) is 7.78. The predicted octanol–water partition coefficient (Wildman–Crippen LogP) is 4.50. The first kappa shape index (κ1) is 23.4. The molecule has 0 aliphatic rings. The van der Waals surface area contributed by atoms with Gasteiger partial charge in [0.1, 0.15) is 11.4 Å². The lowest BCUT2D eigenvalue weighted by Crippen LogP contribution is -2.22. The Labute approximate surface area is 203 Å². The van der Waals surface area contributed by atoms with Crippen LogP contribution >= 0.6 is 0 Å². The molecule has 176 valence electrons. The molecule has 0 saturated heterocycles. The molecule has 4 aromatic rings. The molecule has 35 heavy (non-hydrogen) atoms. The minimum absolute atomic E-state index is 0.166. The Bertz CT molecular complexity index is 1340. The van der Waals surface area contributed by atoms with Crippen molar-refractivity contribution >= 4 is 23.1 Å². The van der Waals surface area contributed by atoms with Crippen LogP contribution < -0.4 is 21.2 Å². The van der Waals surface area contributed by atoms with E-state index in [2.05, 4.69) is 25.8 Å². The lowest BCUT2D eigenvalue weighted by molar-refractivity contribution is 0.0951. The topological polar surface area (TPSA) is 115 Å². The van der Waals surface area contributed by atoms with Crippen LogP contribution in [0.2, 0.25) is 0 Å². The lowest BCUT2D eigenvalue weighted by atomic mass is 10.1. The number of nitrogens with two attached hydrogens (primary N) is 1. The fraction of sp³-hybridized carbons (Fsp3) is 0.111. The van der Waals surface area contributed by atoms with Crippen molar-refractivity contribution in [3.05, 3.63) is 102 Å². The average Bonchev–Trinajstić information content (AvgIpc) is 2.91. The predicted molar refractivity (Wildman–Crippen MR) is 138 cm³/mol. The highest BCUT2D eigenvalue weighted by Crippen LogP contribution is 2.21. The molecule has 0 saturated carbocycles. The number of ether oxygens (including phenoxy) is 1. The highest BCUT2D eigenvalue weighted by atomic mass is 16.5. The number of rotatable bonds is 8. The van der Waals surface area contributed by atoms with E-state index in [1.807, 2.05) is 66.7 Å². The van der Waals surface area contributed by atoms with Crippen LogP contribution in [0.15, 0.2) is 90.2 Å². The third-order valence-corrected chi connectivity index (χ3v) is 5.30. The highest BCUT2D eigenvalue weighted by molar-refractivity contribution is 6.01. The first-order valence-electron chi connectivity index (χ1n) is 11.0. The van der Waals surface area contributed by atoms with E-state index in [0.29, 0.717) is 29.2 Å². The van der Waals surface area contributed by atoms with Gasteiger partial charge >= 0.3 is 0 Å². The fourth-order valence-electron chi connectivity index (χ4n) is 3.37. The van der Waals surface area contributed by atoms with E-state index in [0.717, 1.165) is 22.6 Å². The van der Waals surface area contributed by atoms with Crippen LogP contribution in [0, 0.1) is 0 Å². The summed E-state index contributed by atoms with van der Waals surface area (Å²) in [6.45, 7) is 2.25. The number of methoxy groups -OCH3 is 1. The molecular weight excluding hydrogens is 440 g/mol. The maximum Gasteiger partial charge on any atom is 0.251 e. The average molecular weight is 467 g/mol. The van der Waals surface area contributed by atoms with Crippen molar-refractivity contribution in [3.8, 4) is 17.0 Å². The van der Waals surface area contributed by atoms with Crippen LogP contribution in [0.5, 0.6) is 5.75 Å². The minimum Gasteiger partial charge on any atom is -0.497 e. The third kappa shape index (κ3) is 6.00. The number of anilines is 2. The second-order valence-electron chi connectivity index (χ2n) is 7.78. The Morgan fingerprint density at radius 1 is 1.03 bits per heavy atom.